The number of carbonyl (C=O) groups excluding carboxylic acids is 1. The number of aromatic nitrogens is 5. The lowest BCUT2D eigenvalue weighted by molar-refractivity contribution is -0.120. The zero-order valence-corrected chi connectivity index (χ0v) is 15.0. The van der Waals surface area contributed by atoms with Crippen molar-refractivity contribution >= 4 is 11.6 Å². The molecule has 27 heavy (non-hydrogen) atoms. The molecule has 3 heterocycles. The Labute approximate surface area is 155 Å². The van der Waals surface area contributed by atoms with Crippen molar-refractivity contribution in [3.05, 3.63) is 65.4 Å². The van der Waals surface area contributed by atoms with Crippen LogP contribution in [0.4, 0.5) is 0 Å². The van der Waals surface area contributed by atoms with E-state index < -0.39 is 0 Å². The fourth-order valence-electron chi connectivity index (χ4n) is 2.79. The summed E-state index contributed by atoms with van der Waals surface area (Å²) in [4.78, 5) is 16.5. The Kier molecular flexibility index (Phi) is 4.37. The van der Waals surface area contributed by atoms with Crippen LogP contribution in [0.25, 0.3) is 17.1 Å². The molecular formula is C19H18N6O2. The molecule has 0 bridgehead atoms. The van der Waals surface area contributed by atoms with Crippen LogP contribution in [0.15, 0.2) is 47.1 Å². The molecule has 8 nitrogen and oxygen atoms in total. The molecule has 4 rings (SSSR count). The number of fused-ring (bicyclic) bond motifs is 1. The van der Waals surface area contributed by atoms with Gasteiger partial charge in [-0.3, -0.25) is 9.20 Å². The second-order valence-electron chi connectivity index (χ2n) is 6.32. The van der Waals surface area contributed by atoms with Gasteiger partial charge >= 0.3 is 0 Å². The number of hydrogen-bond donors (Lipinski definition) is 1. The van der Waals surface area contributed by atoms with E-state index in [0.29, 0.717) is 35.2 Å². The topological polar surface area (TPSA) is 98.2 Å². The number of aryl methyl sites for hydroxylation is 2. The number of benzene rings is 1. The predicted molar refractivity (Wildman–Crippen MR) is 97.7 cm³/mol. The van der Waals surface area contributed by atoms with Gasteiger partial charge in [-0.2, -0.15) is 4.98 Å². The third kappa shape index (κ3) is 3.55. The van der Waals surface area contributed by atoms with Crippen LogP contribution in [0, 0.1) is 13.8 Å². The van der Waals surface area contributed by atoms with E-state index in [-0.39, 0.29) is 12.5 Å². The quantitative estimate of drug-likeness (QED) is 0.585. The van der Waals surface area contributed by atoms with Crippen LogP contribution in [0.3, 0.4) is 0 Å². The van der Waals surface area contributed by atoms with Crippen molar-refractivity contribution in [1.82, 2.24) is 30.1 Å². The predicted octanol–water partition coefficient (Wildman–Crippen LogP) is 2.26. The van der Waals surface area contributed by atoms with Crippen LogP contribution < -0.4 is 5.32 Å². The first-order valence-electron chi connectivity index (χ1n) is 8.56. The Morgan fingerprint density at radius 2 is 1.96 bits per heavy atom. The SMILES string of the molecule is Cc1ccc(CC(=O)NCc2nnc3c(-c4nc(C)no4)cccn23)cc1. The molecule has 0 aliphatic heterocycles. The Bertz CT molecular complexity index is 1100. The molecule has 0 spiro atoms. The maximum absolute atomic E-state index is 12.2. The zero-order valence-electron chi connectivity index (χ0n) is 15.0. The average molecular weight is 362 g/mol. The maximum atomic E-state index is 12.2. The molecular weight excluding hydrogens is 344 g/mol. The summed E-state index contributed by atoms with van der Waals surface area (Å²) in [5.74, 6) is 1.50. The summed E-state index contributed by atoms with van der Waals surface area (Å²) in [5.41, 5.74) is 3.44. The summed E-state index contributed by atoms with van der Waals surface area (Å²) in [6, 6.07) is 11.6. The van der Waals surface area contributed by atoms with Crippen LogP contribution in [-0.4, -0.2) is 30.6 Å². The van der Waals surface area contributed by atoms with Gasteiger partial charge in [0.2, 0.25) is 5.91 Å². The highest BCUT2D eigenvalue weighted by molar-refractivity contribution is 5.78. The lowest BCUT2D eigenvalue weighted by atomic mass is 10.1. The van der Waals surface area contributed by atoms with Gasteiger partial charge in [-0.1, -0.05) is 35.0 Å². The van der Waals surface area contributed by atoms with Gasteiger partial charge in [0.25, 0.3) is 5.89 Å². The molecule has 0 saturated carbocycles. The zero-order chi connectivity index (χ0) is 18.8. The number of nitrogens with zero attached hydrogens (tertiary/aromatic N) is 5. The lowest BCUT2D eigenvalue weighted by Crippen LogP contribution is -2.25. The lowest BCUT2D eigenvalue weighted by Gasteiger charge is -2.05. The van der Waals surface area contributed by atoms with E-state index in [1.54, 1.807) is 11.3 Å². The van der Waals surface area contributed by atoms with Gasteiger partial charge in [0.1, 0.15) is 0 Å². The normalized spacial score (nSPS) is 11.0. The van der Waals surface area contributed by atoms with Gasteiger partial charge in [-0.25, -0.2) is 0 Å². The first-order chi connectivity index (χ1) is 13.1. The summed E-state index contributed by atoms with van der Waals surface area (Å²) in [7, 11) is 0. The van der Waals surface area contributed by atoms with E-state index in [9.17, 15) is 4.79 Å². The molecule has 3 aromatic heterocycles. The summed E-state index contributed by atoms with van der Waals surface area (Å²) in [5, 5.41) is 15.1. The molecule has 136 valence electrons. The van der Waals surface area contributed by atoms with Gasteiger partial charge < -0.3 is 9.84 Å². The molecule has 4 aromatic rings. The first kappa shape index (κ1) is 16.9. The molecule has 0 atom stereocenters. The van der Waals surface area contributed by atoms with Crippen molar-refractivity contribution < 1.29 is 9.32 Å². The van der Waals surface area contributed by atoms with Crippen molar-refractivity contribution in [3.63, 3.8) is 0 Å². The second kappa shape index (κ2) is 6.99. The number of pyridine rings is 1. The minimum Gasteiger partial charge on any atom is -0.348 e. The summed E-state index contributed by atoms with van der Waals surface area (Å²) < 4.78 is 7.04. The molecule has 1 aromatic carbocycles. The van der Waals surface area contributed by atoms with E-state index in [4.69, 9.17) is 4.52 Å². The van der Waals surface area contributed by atoms with Crippen molar-refractivity contribution in [1.29, 1.82) is 0 Å². The molecule has 0 aliphatic carbocycles. The fourth-order valence-corrected chi connectivity index (χ4v) is 2.79. The standard InChI is InChI=1S/C19H18N6O2/c1-12-5-7-14(8-6-12)10-17(26)20-11-16-22-23-18-15(4-3-9-25(16)18)19-21-13(2)24-27-19/h3-9H,10-11H2,1-2H3,(H,20,26). The number of nitrogens with one attached hydrogen (secondary N) is 1. The Morgan fingerprint density at radius 1 is 1.15 bits per heavy atom. The minimum absolute atomic E-state index is 0.0701. The van der Waals surface area contributed by atoms with Crippen LogP contribution in [0.1, 0.15) is 22.8 Å². The van der Waals surface area contributed by atoms with E-state index in [2.05, 4.69) is 25.7 Å². The smallest absolute Gasteiger partial charge is 0.261 e. The molecule has 0 unspecified atom stereocenters. The van der Waals surface area contributed by atoms with Crippen LogP contribution in [0.2, 0.25) is 0 Å². The molecule has 1 N–H and O–H groups in total. The highest BCUT2D eigenvalue weighted by Crippen LogP contribution is 2.22. The Balaban J connectivity index is 1.49. The summed E-state index contributed by atoms with van der Waals surface area (Å²) >= 11 is 0. The molecule has 0 radical (unpaired) electrons. The van der Waals surface area contributed by atoms with Crippen LogP contribution in [-0.2, 0) is 17.8 Å². The third-order valence-corrected chi connectivity index (χ3v) is 4.19. The van der Waals surface area contributed by atoms with Crippen LogP contribution >= 0.6 is 0 Å². The summed E-state index contributed by atoms with van der Waals surface area (Å²) in [6.45, 7) is 4.05. The first-order valence-corrected chi connectivity index (χ1v) is 8.56. The third-order valence-electron chi connectivity index (χ3n) is 4.19. The number of amides is 1. The largest absolute Gasteiger partial charge is 0.348 e. The maximum Gasteiger partial charge on any atom is 0.261 e. The molecule has 8 heteroatoms. The monoisotopic (exact) mass is 362 g/mol. The fraction of sp³-hybridized carbons (Fsp3) is 0.211. The summed E-state index contributed by atoms with van der Waals surface area (Å²) in [6.07, 6.45) is 2.16. The molecule has 0 fully saturated rings. The van der Waals surface area contributed by atoms with Crippen molar-refractivity contribution in [2.75, 3.05) is 0 Å². The second-order valence-corrected chi connectivity index (χ2v) is 6.32. The molecule has 1 amide bonds. The van der Waals surface area contributed by atoms with Gasteiger partial charge in [0.05, 0.1) is 18.5 Å². The van der Waals surface area contributed by atoms with E-state index in [1.165, 1.54) is 5.56 Å². The van der Waals surface area contributed by atoms with Crippen molar-refractivity contribution in [3.8, 4) is 11.5 Å². The molecule has 0 saturated heterocycles. The Hall–Kier alpha value is -3.55. The highest BCUT2D eigenvalue weighted by atomic mass is 16.5. The van der Waals surface area contributed by atoms with Gasteiger partial charge in [-0.05, 0) is 31.5 Å². The van der Waals surface area contributed by atoms with Crippen molar-refractivity contribution in [2.24, 2.45) is 0 Å². The number of hydrogen-bond acceptors (Lipinski definition) is 6. The minimum atomic E-state index is -0.0701. The highest BCUT2D eigenvalue weighted by Gasteiger charge is 2.15. The van der Waals surface area contributed by atoms with E-state index >= 15 is 0 Å². The van der Waals surface area contributed by atoms with E-state index in [1.807, 2.05) is 49.5 Å². The van der Waals surface area contributed by atoms with Crippen molar-refractivity contribution in [2.45, 2.75) is 26.8 Å². The van der Waals surface area contributed by atoms with Gasteiger partial charge in [-0.15, -0.1) is 10.2 Å². The molecule has 0 aliphatic rings. The number of rotatable bonds is 5. The number of carbonyl (C=O) groups is 1. The van der Waals surface area contributed by atoms with Crippen LogP contribution in [0.5, 0.6) is 0 Å². The van der Waals surface area contributed by atoms with Gasteiger partial charge in [0.15, 0.2) is 17.3 Å². The van der Waals surface area contributed by atoms with Gasteiger partial charge in [0, 0.05) is 6.20 Å². The van der Waals surface area contributed by atoms with E-state index in [0.717, 1.165) is 5.56 Å². The Morgan fingerprint density at radius 3 is 2.70 bits per heavy atom. The average Bonchev–Trinajstić information content (AvgIpc) is 3.28.